The van der Waals surface area contributed by atoms with Crippen molar-refractivity contribution in [1.29, 1.82) is 0 Å². The van der Waals surface area contributed by atoms with Gasteiger partial charge in [0.05, 0.1) is 18.9 Å². The van der Waals surface area contributed by atoms with Gasteiger partial charge in [-0.3, -0.25) is 9.59 Å². The Balaban J connectivity index is 1.51. The minimum Gasteiger partial charge on any atom is -0.469 e. The highest BCUT2D eigenvalue weighted by Crippen LogP contribution is 2.46. The molecule has 3 aliphatic carbocycles. The van der Waals surface area contributed by atoms with Gasteiger partial charge >= 0.3 is 5.97 Å². The Labute approximate surface area is 101 Å². The van der Waals surface area contributed by atoms with E-state index in [9.17, 15) is 9.59 Å². The molecule has 3 fully saturated rings. The molecule has 3 saturated carbocycles. The summed E-state index contributed by atoms with van der Waals surface area (Å²) in [6.45, 7) is 0. The Morgan fingerprint density at radius 2 is 1.71 bits per heavy atom. The van der Waals surface area contributed by atoms with Crippen LogP contribution in [0.15, 0.2) is 0 Å². The molecule has 0 aromatic carbocycles. The van der Waals surface area contributed by atoms with Gasteiger partial charge in [0.25, 0.3) is 0 Å². The van der Waals surface area contributed by atoms with Gasteiger partial charge in [0.2, 0.25) is 5.91 Å². The first-order chi connectivity index (χ1) is 8.20. The molecule has 1 N–H and O–H groups in total. The third-order valence-electron chi connectivity index (χ3n) is 4.20. The monoisotopic (exact) mass is 237 g/mol. The molecule has 0 aromatic heterocycles. The van der Waals surface area contributed by atoms with Crippen LogP contribution in [-0.4, -0.2) is 25.0 Å². The SMILES string of the molecule is COC(=O)[C@H]1C[C@@H]1C(=O)NC(C1CC1)C1CC1. The molecule has 4 heteroatoms. The lowest BCUT2D eigenvalue weighted by Crippen LogP contribution is -2.39. The smallest absolute Gasteiger partial charge is 0.309 e. The highest BCUT2D eigenvalue weighted by Gasteiger charge is 2.51. The van der Waals surface area contributed by atoms with Gasteiger partial charge in [-0.25, -0.2) is 0 Å². The van der Waals surface area contributed by atoms with E-state index in [1.54, 1.807) is 0 Å². The van der Waals surface area contributed by atoms with Gasteiger partial charge in [0, 0.05) is 6.04 Å². The standard InChI is InChI=1S/C13H19NO3/c1-17-13(16)10-6-9(10)12(15)14-11(7-2-3-7)8-4-5-8/h7-11H,2-6H2,1H3,(H,14,15)/t9-,10-/m0/s1. The summed E-state index contributed by atoms with van der Waals surface area (Å²) in [5.74, 6) is 0.953. The average Bonchev–Trinajstić information content (AvgIpc) is 3.18. The van der Waals surface area contributed by atoms with Gasteiger partial charge in [-0.2, -0.15) is 0 Å². The van der Waals surface area contributed by atoms with E-state index in [-0.39, 0.29) is 23.7 Å². The molecule has 0 unspecified atom stereocenters. The lowest BCUT2D eigenvalue weighted by molar-refractivity contribution is -0.143. The van der Waals surface area contributed by atoms with E-state index in [2.05, 4.69) is 10.1 Å². The summed E-state index contributed by atoms with van der Waals surface area (Å²) >= 11 is 0. The molecular weight excluding hydrogens is 218 g/mol. The summed E-state index contributed by atoms with van der Waals surface area (Å²) in [4.78, 5) is 23.3. The zero-order valence-electron chi connectivity index (χ0n) is 10.1. The quantitative estimate of drug-likeness (QED) is 0.728. The normalized spacial score (nSPS) is 31.2. The van der Waals surface area contributed by atoms with E-state index in [1.165, 1.54) is 32.8 Å². The number of carbonyl (C=O) groups excluding carboxylic acids is 2. The van der Waals surface area contributed by atoms with E-state index < -0.39 is 0 Å². The fourth-order valence-corrected chi connectivity index (χ4v) is 2.70. The lowest BCUT2D eigenvalue weighted by atomic mass is 10.1. The first-order valence-electron chi connectivity index (χ1n) is 6.59. The van der Waals surface area contributed by atoms with Crippen LogP contribution < -0.4 is 5.32 Å². The number of nitrogens with one attached hydrogen (secondary N) is 1. The van der Waals surface area contributed by atoms with Crippen LogP contribution in [-0.2, 0) is 14.3 Å². The number of esters is 1. The molecule has 4 nitrogen and oxygen atoms in total. The van der Waals surface area contributed by atoms with Gasteiger partial charge < -0.3 is 10.1 Å². The van der Waals surface area contributed by atoms with Crippen molar-refractivity contribution in [3.63, 3.8) is 0 Å². The minimum absolute atomic E-state index is 0.0733. The predicted molar refractivity (Wildman–Crippen MR) is 61.0 cm³/mol. The van der Waals surface area contributed by atoms with E-state index in [4.69, 9.17) is 0 Å². The predicted octanol–water partition coefficient (Wildman–Crippen LogP) is 1.10. The molecule has 3 rings (SSSR count). The number of ether oxygens (including phenoxy) is 1. The summed E-state index contributed by atoms with van der Waals surface area (Å²) in [5.41, 5.74) is 0. The van der Waals surface area contributed by atoms with Crippen LogP contribution in [0.1, 0.15) is 32.1 Å². The second-order valence-corrected chi connectivity index (χ2v) is 5.68. The van der Waals surface area contributed by atoms with Gasteiger partial charge in [-0.1, -0.05) is 0 Å². The molecular formula is C13H19NO3. The zero-order valence-corrected chi connectivity index (χ0v) is 10.1. The Bertz CT molecular complexity index is 335. The van der Waals surface area contributed by atoms with Crippen LogP contribution in [0.3, 0.4) is 0 Å². The van der Waals surface area contributed by atoms with Crippen LogP contribution in [0, 0.1) is 23.7 Å². The Hall–Kier alpha value is -1.06. The number of hydrogen-bond acceptors (Lipinski definition) is 3. The molecule has 0 heterocycles. The maximum Gasteiger partial charge on any atom is 0.309 e. The van der Waals surface area contributed by atoms with Crippen molar-refractivity contribution in [2.75, 3.05) is 7.11 Å². The van der Waals surface area contributed by atoms with Crippen molar-refractivity contribution in [1.82, 2.24) is 5.32 Å². The zero-order chi connectivity index (χ0) is 12.0. The summed E-state index contributed by atoms with van der Waals surface area (Å²) in [5, 5.41) is 3.17. The van der Waals surface area contributed by atoms with Gasteiger partial charge in [0.15, 0.2) is 0 Å². The second-order valence-electron chi connectivity index (χ2n) is 5.68. The maximum atomic E-state index is 12.0. The molecule has 94 valence electrons. The van der Waals surface area contributed by atoms with Crippen LogP contribution in [0.25, 0.3) is 0 Å². The molecule has 0 bridgehead atoms. The molecule has 0 aromatic rings. The second kappa shape index (κ2) is 4.00. The minimum atomic E-state index is -0.237. The fourth-order valence-electron chi connectivity index (χ4n) is 2.70. The van der Waals surface area contributed by atoms with E-state index in [0.29, 0.717) is 24.3 Å². The molecule has 17 heavy (non-hydrogen) atoms. The number of rotatable bonds is 5. The number of methoxy groups -OCH3 is 1. The molecule has 0 spiro atoms. The van der Waals surface area contributed by atoms with Crippen molar-refractivity contribution in [3.05, 3.63) is 0 Å². The van der Waals surface area contributed by atoms with Crippen LogP contribution >= 0.6 is 0 Å². The lowest BCUT2D eigenvalue weighted by Gasteiger charge is -2.17. The Morgan fingerprint density at radius 3 is 2.18 bits per heavy atom. The highest BCUT2D eigenvalue weighted by atomic mass is 16.5. The highest BCUT2D eigenvalue weighted by molar-refractivity contribution is 5.90. The van der Waals surface area contributed by atoms with Crippen molar-refractivity contribution in [2.24, 2.45) is 23.7 Å². The number of carbonyl (C=O) groups is 2. The molecule has 3 aliphatic rings. The largest absolute Gasteiger partial charge is 0.469 e. The van der Waals surface area contributed by atoms with Crippen molar-refractivity contribution < 1.29 is 14.3 Å². The van der Waals surface area contributed by atoms with Gasteiger partial charge in [-0.15, -0.1) is 0 Å². The summed E-state index contributed by atoms with van der Waals surface area (Å²) in [7, 11) is 1.38. The van der Waals surface area contributed by atoms with Crippen molar-refractivity contribution >= 4 is 11.9 Å². The van der Waals surface area contributed by atoms with Crippen molar-refractivity contribution in [3.8, 4) is 0 Å². The molecule has 0 radical (unpaired) electrons. The maximum absolute atomic E-state index is 12.0. The molecule has 2 atom stereocenters. The van der Waals surface area contributed by atoms with Gasteiger partial charge in [-0.05, 0) is 43.9 Å². The van der Waals surface area contributed by atoms with Crippen LogP contribution in [0.5, 0.6) is 0 Å². The summed E-state index contributed by atoms with van der Waals surface area (Å²) in [6.07, 6.45) is 5.69. The first kappa shape index (κ1) is 11.1. The Kier molecular flexibility index (Phi) is 2.60. The topological polar surface area (TPSA) is 55.4 Å². The first-order valence-corrected chi connectivity index (χ1v) is 6.59. The Morgan fingerprint density at radius 1 is 1.12 bits per heavy atom. The fraction of sp³-hybridized carbons (Fsp3) is 0.846. The molecule has 0 aliphatic heterocycles. The van der Waals surface area contributed by atoms with E-state index in [0.717, 1.165) is 0 Å². The third kappa shape index (κ3) is 2.31. The van der Waals surface area contributed by atoms with Crippen LogP contribution in [0.2, 0.25) is 0 Å². The van der Waals surface area contributed by atoms with E-state index >= 15 is 0 Å². The molecule has 1 amide bonds. The van der Waals surface area contributed by atoms with Crippen molar-refractivity contribution in [2.45, 2.75) is 38.1 Å². The average molecular weight is 237 g/mol. The third-order valence-corrected chi connectivity index (χ3v) is 4.20. The number of hydrogen-bond donors (Lipinski definition) is 1. The summed E-state index contributed by atoms with van der Waals surface area (Å²) < 4.78 is 4.66. The van der Waals surface area contributed by atoms with E-state index in [1.807, 2.05) is 0 Å². The molecule has 0 saturated heterocycles. The summed E-state index contributed by atoms with van der Waals surface area (Å²) in [6, 6.07) is 0.390. The van der Waals surface area contributed by atoms with Gasteiger partial charge in [0.1, 0.15) is 0 Å². The number of amides is 1. The van der Waals surface area contributed by atoms with Crippen LogP contribution in [0.4, 0.5) is 0 Å².